The molecule has 90 valence electrons. The zero-order valence-electron chi connectivity index (χ0n) is 10.0. The van der Waals surface area contributed by atoms with Crippen LogP contribution in [0.1, 0.15) is 24.8 Å². The first-order valence-electron chi connectivity index (χ1n) is 5.73. The number of ether oxygens (including phenoxy) is 1. The van der Waals surface area contributed by atoms with Gasteiger partial charge in [0.05, 0.1) is 6.61 Å². The van der Waals surface area contributed by atoms with Crippen LogP contribution >= 0.6 is 15.9 Å². The second-order valence-electron chi connectivity index (χ2n) is 3.88. The molecule has 1 aromatic rings. The van der Waals surface area contributed by atoms with Gasteiger partial charge in [0.2, 0.25) is 0 Å². The van der Waals surface area contributed by atoms with Crippen molar-refractivity contribution in [2.24, 2.45) is 0 Å². The molecule has 16 heavy (non-hydrogen) atoms. The fourth-order valence-electron chi connectivity index (χ4n) is 1.72. The maximum Gasteiger partial charge on any atom is 0.0543 e. The van der Waals surface area contributed by atoms with Gasteiger partial charge in [-0.1, -0.05) is 41.1 Å². The molecule has 1 aromatic carbocycles. The minimum atomic E-state index is 0.409. The van der Waals surface area contributed by atoms with Crippen molar-refractivity contribution in [3.63, 3.8) is 0 Å². The van der Waals surface area contributed by atoms with E-state index in [2.05, 4.69) is 46.4 Å². The highest BCUT2D eigenvalue weighted by atomic mass is 79.9. The molecule has 0 aliphatic rings. The Morgan fingerprint density at radius 1 is 1.38 bits per heavy atom. The molecule has 0 radical (unpaired) electrons. The number of methoxy groups -OCH3 is 1. The molecule has 3 heteroatoms. The zero-order valence-corrected chi connectivity index (χ0v) is 11.6. The van der Waals surface area contributed by atoms with Crippen LogP contribution in [0.25, 0.3) is 0 Å². The van der Waals surface area contributed by atoms with Crippen LogP contribution in [0.15, 0.2) is 28.7 Å². The first-order valence-corrected chi connectivity index (χ1v) is 6.53. The van der Waals surface area contributed by atoms with E-state index in [1.54, 1.807) is 7.11 Å². The van der Waals surface area contributed by atoms with E-state index in [0.29, 0.717) is 5.92 Å². The maximum absolute atomic E-state index is 5.28. The van der Waals surface area contributed by atoms with Gasteiger partial charge in [-0.2, -0.15) is 0 Å². The topological polar surface area (TPSA) is 21.3 Å². The Hall–Kier alpha value is -0.380. The quantitative estimate of drug-likeness (QED) is 0.777. The van der Waals surface area contributed by atoms with Crippen molar-refractivity contribution in [2.75, 3.05) is 26.8 Å². The number of rotatable bonds is 7. The molecule has 0 aliphatic carbocycles. The standard InChI is InChI=1S/C13H20BrNO/c1-3-8-15-9-11(10-16-2)12-6-4-5-7-13(12)14/h4-7,11,15H,3,8-10H2,1-2H3. The molecular formula is C13H20BrNO. The SMILES string of the molecule is CCCNCC(COC)c1ccccc1Br. The number of nitrogens with one attached hydrogen (secondary N) is 1. The summed E-state index contributed by atoms with van der Waals surface area (Å²) >= 11 is 3.59. The van der Waals surface area contributed by atoms with E-state index < -0.39 is 0 Å². The molecule has 1 atom stereocenters. The highest BCUT2D eigenvalue weighted by Gasteiger charge is 2.13. The summed E-state index contributed by atoms with van der Waals surface area (Å²) in [7, 11) is 1.75. The highest BCUT2D eigenvalue weighted by Crippen LogP contribution is 2.24. The van der Waals surface area contributed by atoms with E-state index >= 15 is 0 Å². The second-order valence-corrected chi connectivity index (χ2v) is 4.73. The van der Waals surface area contributed by atoms with Crippen LogP contribution in [-0.4, -0.2) is 26.8 Å². The molecular weight excluding hydrogens is 266 g/mol. The Morgan fingerprint density at radius 3 is 2.75 bits per heavy atom. The van der Waals surface area contributed by atoms with Crippen molar-refractivity contribution in [1.82, 2.24) is 5.32 Å². The van der Waals surface area contributed by atoms with Crippen molar-refractivity contribution >= 4 is 15.9 Å². The molecule has 0 aromatic heterocycles. The van der Waals surface area contributed by atoms with Gasteiger partial charge in [0, 0.05) is 24.0 Å². The van der Waals surface area contributed by atoms with E-state index in [1.165, 1.54) is 5.56 Å². The van der Waals surface area contributed by atoms with Crippen LogP contribution in [0.5, 0.6) is 0 Å². The minimum Gasteiger partial charge on any atom is -0.384 e. The number of halogens is 1. The predicted molar refractivity (Wildman–Crippen MR) is 71.9 cm³/mol. The van der Waals surface area contributed by atoms with Crippen LogP contribution in [0.4, 0.5) is 0 Å². The summed E-state index contributed by atoms with van der Waals surface area (Å²) in [5.41, 5.74) is 1.31. The number of benzene rings is 1. The molecule has 1 N–H and O–H groups in total. The summed E-state index contributed by atoms with van der Waals surface area (Å²) < 4.78 is 6.45. The molecule has 1 unspecified atom stereocenters. The lowest BCUT2D eigenvalue weighted by molar-refractivity contribution is 0.177. The summed E-state index contributed by atoms with van der Waals surface area (Å²) in [6.07, 6.45) is 1.16. The van der Waals surface area contributed by atoms with Gasteiger partial charge in [-0.15, -0.1) is 0 Å². The van der Waals surface area contributed by atoms with Crippen molar-refractivity contribution in [3.8, 4) is 0 Å². The van der Waals surface area contributed by atoms with Crippen LogP contribution in [-0.2, 0) is 4.74 Å². The van der Waals surface area contributed by atoms with Crippen molar-refractivity contribution < 1.29 is 4.74 Å². The van der Waals surface area contributed by atoms with Crippen molar-refractivity contribution in [1.29, 1.82) is 0 Å². The molecule has 0 spiro atoms. The Labute approximate surface area is 107 Å². The van der Waals surface area contributed by atoms with Crippen molar-refractivity contribution in [3.05, 3.63) is 34.3 Å². The van der Waals surface area contributed by atoms with E-state index in [4.69, 9.17) is 4.74 Å². The Balaban J connectivity index is 2.65. The third-order valence-corrected chi connectivity index (χ3v) is 3.25. The zero-order chi connectivity index (χ0) is 11.8. The summed E-state index contributed by atoms with van der Waals surface area (Å²) in [4.78, 5) is 0. The van der Waals surface area contributed by atoms with Gasteiger partial charge in [-0.3, -0.25) is 0 Å². The van der Waals surface area contributed by atoms with Gasteiger partial charge < -0.3 is 10.1 Å². The average molecular weight is 286 g/mol. The molecule has 2 nitrogen and oxygen atoms in total. The first kappa shape index (κ1) is 13.7. The first-order chi connectivity index (χ1) is 7.79. The van der Waals surface area contributed by atoms with Gasteiger partial charge in [0.1, 0.15) is 0 Å². The molecule has 0 saturated carbocycles. The van der Waals surface area contributed by atoms with E-state index in [0.717, 1.165) is 30.6 Å². The maximum atomic E-state index is 5.28. The average Bonchev–Trinajstić information content (AvgIpc) is 2.29. The summed E-state index contributed by atoms with van der Waals surface area (Å²) in [6, 6.07) is 8.35. The lowest BCUT2D eigenvalue weighted by Crippen LogP contribution is -2.25. The largest absolute Gasteiger partial charge is 0.384 e. The Morgan fingerprint density at radius 2 is 2.12 bits per heavy atom. The smallest absolute Gasteiger partial charge is 0.0543 e. The summed E-state index contributed by atoms with van der Waals surface area (Å²) in [5.74, 6) is 0.409. The van der Waals surface area contributed by atoms with Gasteiger partial charge in [0.15, 0.2) is 0 Å². The third-order valence-electron chi connectivity index (χ3n) is 2.53. The van der Waals surface area contributed by atoms with Gasteiger partial charge in [-0.25, -0.2) is 0 Å². The third kappa shape index (κ3) is 4.24. The Bertz CT molecular complexity index is 304. The van der Waals surface area contributed by atoms with Crippen LogP contribution in [0.3, 0.4) is 0 Å². The predicted octanol–water partition coefficient (Wildman–Crippen LogP) is 3.18. The van der Waals surface area contributed by atoms with E-state index in [-0.39, 0.29) is 0 Å². The van der Waals surface area contributed by atoms with Gasteiger partial charge in [-0.05, 0) is 24.6 Å². The van der Waals surface area contributed by atoms with E-state index in [9.17, 15) is 0 Å². The van der Waals surface area contributed by atoms with Gasteiger partial charge >= 0.3 is 0 Å². The molecule has 0 amide bonds. The fraction of sp³-hybridized carbons (Fsp3) is 0.538. The second kappa shape index (κ2) is 7.82. The van der Waals surface area contributed by atoms with Crippen LogP contribution in [0, 0.1) is 0 Å². The summed E-state index contributed by atoms with van der Waals surface area (Å²) in [6.45, 7) is 4.95. The van der Waals surface area contributed by atoms with Crippen molar-refractivity contribution in [2.45, 2.75) is 19.3 Å². The molecule has 0 saturated heterocycles. The lowest BCUT2D eigenvalue weighted by atomic mass is 10.00. The molecule has 1 rings (SSSR count). The number of hydrogen-bond donors (Lipinski definition) is 1. The normalized spacial score (nSPS) is 12.7. The van der Waals surface area contributed by atoms with Crippen LogP contribution in [0.2, 0.25) is 0 Å². The monoisotopic (exact) mass is 285 g/mol. The molecule has 0 aliphatic heterocycles. The lowest BCUT2D eigenvalue weighted by Gasteiger charge is -2.18. The molecule has 0 bridgehead atoms. The van der Waals surface area contributed by atoms with Crippen LogP contribution < -0.4 is 5.32 Å². The van der Waals surface area contributed by atoms with E-state index in [1.807, 2.05) is 6.07 Å². The highest BCUT2D eigenvalue weighted by molar-refractivity contribution is 9.10. The summed E-state index contributed by atoms with van der Waals surface area (Å²) in [5, 5.41) is 3.44. The molecule has 0 fully saturated rings. The van der Waals surface area contributed by atoms with Gasteiger partial charge in [0.25, 0.3) is 0 Å². The fourth-order valence-corrected chi connectivity index (χ4v) is 2.33. The number of hydrogen-bond acceptors (Lipinski definition) is 2. The Kier molecular flexibility index (Phi) is 6.69. The molecule has 0 heterocycles. The minimum absolute atomic E-state index is 0.409.